The van der Waals surface area contributed by atoms with E-state index >= 15 is 0 Å². The second-order valence-electron chi connectivity index (χ2n) is 2.20. The number of nitrogens with two attached hydrogens (primary N) is 1. The lowest BCUT2D eigenvalue weighted by atomic mass is 10.2. The van der Waals surface area contributed by atoms with Crippen LogP contribution in [-0.4, -0.2) is 16.8 Å². The molecule has 0 saturated carbocycles. The Kier molecular flexibility index (Phi) is 1.00. The van der Waals surface area contributed by atoms with Crippen molar-refractivity contribution in [3.63, 3.8) is 0 Å². The molecule has 4 nitrogen and oxygen atoms in total. The SMILES string of the molecule is Nc1cc2c(nn1)OCC2. The van der Waals surface area contributed by atoms with Crippen LogP contribution in [0.1, 0.15) is 5.56 Å². The zero-order valence-electron chi connectivity index (χ0n) is 5.37. The number of rotatable bonds is 0. The predicted octanol–water partition coefficient (Wildman–Crippen LogP) is -0.00630. The van der Waals surface area contributed by atoms with Crippen molar-refractivity contribution in [1.82, 2.24) is 10.2 Å². The number of ether oxygens (including phenoxy) is 1. The van der Waals surface area contributed by atoms with Gasteiger partial charge in [0.15, 0.2) is 0 Å². The summed E-state index contributed by atoms with van der Waals surface area (Å²) >= 11 is 0. The fourth-order valence-electron chi connectivity index (χ4n) is 0.995. The van der Waals surface area contributed by atoms with Gasteiger partial charge in [-0.25, -0.2) is 0 Å². The minimum atomic E-state index is 0.462. The van der Waals surface area contributed by atoms with Crippen LogP contribution in [0.25, 0.3) is 0 Å². The molecule has 0 bridgehead atoms. The van der Waals surface area contributed by atoms with Gasteiger partial charge in [-0.2, -0.15) is 0 Å². The van der Waals surface area contributed by atoms with E-state index in [4.69, 9.17) is 10.5 Å². The van der Waals surface area contributed by atoms with Gasteiger partial charge in [0.05, 0.1) is 6.61 Å². The molecule has 0 fully saturated rings. The molecule has 0 spiro atoms. The molecule has 0 unspecified atom stereocenters. The fourth-order valence-corrected chi connectivity index (χ4v) is 0.995. The molecule has 4 heteroatoms. The molecule has 52 valence electrons. The van der Waals surface area contributed by atoms with E-state index in [1.807, 2.05) is 0 Å². The number of aromatic nitrogens is 2. The molecule has 0 atom stereocenters. The van der Waals surface area contributed by atoms with Gasteiger partial charge in [-0.05, 0) is 6.07 Å². The lowest BCUT2D eigenvalue weighted by molar-refractivity contribution is 0.341. The van der Waals surface area contributed by atoms with E-state index in [0.717, 1.165) is 12.0 Å². The van der Waals surface area contributed by atoms with E-state index in [-0.39, 0.29) is 0 Å². The molecule has 1 aromatic heterocycles. The molecule has 0 saturated heterocycles. The summed E-state index contributed by atoms with van der Waals surface area (Å²) in [7, 11) is 0. The smallest absolute Gasteiger partial charge is 0.236 e. The first-order chi connectivity index (χ1) is 4.86. The molecule has 2 rings (SSSR count). The summed E-state index contributed by atoms with van der Waals surface area (Å²) in [5.41, 5.74) is 6.46. The van der Waals surface area contributed by atoms with Crippen LogP contribution in [0.2, 0.25) is 0 Å². The summed E-state index contributed by atoms with van der Waals surface area (Å²) in [5.74, 6) is 1.10. The summed E-state index contributed by atoms with van der Waals surface area (Å²) < 4.78 is 5.12. The van der Waals surface area contributed by atoms with Gasteiger partial charge in [-0.1, -0.05) is 0 Å². The Morgan fingerprint density at radius 2 is 2.40 bits per heavy atom. The highest BCUT2D eigenvalue weighted by Crippen LogP contribution is 2.21. The van der Waals surface area contributed by atoms with Crippen molar-refractivity contribution in [3.8, 4) is 5.88 Å². The Morgan fingerprint density at radius 1 is 1.50 bits per heavy atom. The van der Waals surface area contributed by atoms with Crippen LogP contribution < -0.4 is 10.5 Å². The zero-order valence-corrected chi connectivity index (χ0v) is 5.37. The van der Waals surface area contributed by atoms with Crippen molar-refractivity contribution in [1.29, 1.82) is 0 Å². The van der Waals surface area contributed by atoms with Crippen LogP contribution >= 0.6 is 0 Å². The van der Waals surface area contributed by atoms with Crippen LogP contribution in [0.5, 0.6) is 5.88 Å². The van der Waals surface area contributed by atoms with Gasteiger partial charge in [0.1, 0.15) is 5.82 Å². The maximum atomic E-state index is 5.40. The lowest BCUT2D eigenvalue weighted by Gasteiger charge is -1.94. The summed E-state index contributed by atoms with van der Waals surface area (Å²) in [6.45, 7) is 0.702. The average Bonchev–Trinajstić information content (AvgIpc) is 2.33. The van der Waals surface area contributed by atoms with Crippen LogP contribution in [-0.2, 0) is 6.42 Å². The third kappa shape index (κ3) is 0.689. The Bertz CT molecular complexity index is 261. The third-order valence-electron chi connectivity index (χ3n) is 1.46. The number of hydrogen-bond acceptors (Lipinski definition) is 4. The molecule has 0 amide bonds. The van der Waals surface area contributed by atoms with E-state index < -0.39 is 0 Å². The minimum Gasteiger partial charge on any atom is -0.476 e. The normalized spacial score (nSPS) is 14.4. The number of nitrogen functional groups attached to an aromatic ring is 1. The Hall–Kier alpha value is -1.32. The van der Waals surface area contributed by atoms with Crippen molar-refractivity contribution in [2.75, 3.05) is 12.3 Å². The van der Waals surface area contributed by atoms with Crippen LogP contribution in [0.3, 0.4) is 0 Å². The molecule has 0 aromatic carbocycles. The van der Waals surface area contributed by atoms with Gasteiger partial charge >= 0.3 is 0 Å². The number of hydrogen-bond donors (Lipinski definition) is 1. The lowest BCUT2D eigenvalue weighted by Crippen LogP contribution is -1.94. The average molecular weight is 137 g/mol. The standard InChI is InChI=1S/C6H7N3O/c7-5-3-4-1-2-10-6(4)9-8-5/h3H,1-2H2,(H2,7,8). The summed E-state index contributed by atoms with van der Waals surface area (Å²) in [6.07, 6.45) is 0.898. The van der Waals surface area contributed by atoms with Gasteiger partial charge in [0, 0.05) is 12.0 Å². The van der Waals surface area contributed by atoms with E-state index in [0.29, 0.717) is 18.3 Å². The first kappa shape index (κ1) is 5.46. The number of anilines is 1. The van der Waals surface area contributed by atoms with Gasteiger partial charge in [0.25, 0.3) is 0 Å². The Balaban J connectivity index is 2.52. The highest BCUT2D eigenvalue weighted by atomic mass is 16.5. The first-order valence-electron chi connectivity index (χ1n) is 3.11. The molecule has 1 aromatic rings. The number of nitrogens with zero attached hydrogens (tertiary/aromatic N) is 2. The zero-order chi connectivity index (χ0) is 6.97. The molecular formula is C6H7N3O. The van der Waals surface area contributed by atoms with Crippen LogP contribution in [0.15, 0.2) is 6.07 Å². The Morgan fingerprint density at radius 3 is 3.30 bits per heavy atom. The summed E-state index contributed by atoms with van der Waals surface area (Å²) in [6, 6.07) is 1.80. The minimum absolute atomic E-state index is 0.462. The summed E-state index contributed by atoms with van der Waals surface area (Å²) in [4.78, 5) is 0. The molecule has 0 radical (unpaired) electrons. The molecular weight excluding hydrogens is 130 g/mol. The third-order valence-corrected chi connectivity index (χ3v) is 1.46. The van der Waals surface area contributed by atoms with Gasteiger partial charge < -0.3 is 10.5 Å². The second kappa shape index (κ2) is 1.83. The van der Waals surface area contributed by atoms with E-state index in [9.17, 15) is 0 Å². The highest BCUT2D eigenvalue weighted by molar-refractivity contribution is 5.37. The molecule has 1 aliphatic rings. The predicted molar refractivity (Wildman–Crippen MR) is 35.6 cm³/mol. The van der Waals surface area contributed by atoms with Crippen LogP contribution in [0.4, 0.5) is 5.82 Å². The van der Waals surface area contributed by atoms with Crippen molar-refractivity contribution in [2.24, 2.45) is 0 Å². The van der Waals surface area contributed by atoms with Crippen molar-refractivity contribution >= 4 is 5.82 Å². The second-order valence-corrected chi connectivity index (χ2v) is 2.20. The van der Waals surface area contributed by atoms with E-state index in [1.165, 1.54) is 0 Å². The van der Waals surface area contributed by atoms with Crippen molar-refractivity contribution in [3.05, 3.63) is 11.6 Å². The van der Waals surface area contributed by atoms with Crippen molar-refractivity contribution < 1.29 is 4.74 Å². The monoisotopic (exact) mass is 137 g/mol. The highest BCUT2D eigenvalue weighted by Gasteiger charge is 2.13. The fraction of sp³-hybridized carbons (Fsp3) is 0.333. The molecule has 10 heavy (non-hydrogen) atoms. The summed E-state index contributed by atoms with van der Waals surface area (Å²) in [5, 5.41) is 7.42. The molecule has 1 aliphatic heterocycles. The van der Waals surface area contributed by atoms with Gasteiger partial charge in [-0.15, -0.1) is 10.2 Å². The van der Waals surface area contributed by atoms with E-state index in [1.54, 1.807) is 6.07 Å². The quantitative estimate of drug-likeness (QED) is 0.546. The maximum Gasteiger partial charge on any atom is 0.236 e. The Labute approximate surface area is 58.0 Å². The van der Waals surface area contributed by atoms with Crippen molar-refractivity contribution in [2.45, 2.75) is 6.42 Å². The maximum absolute atomic E-state index is 5.40. The van der Waals surface area contributed by atoms with Gasteiger partial charge in [0.2, 0.25) is 5.88 Å². The molecule has 0 aliphatic carbocycles. The molecule has 2 heterocycles. The number of fused-ring (bicyclic) bond motifs is 1. The van der Waals surface area contributed by atoms with E-state index in [2.05, 4.69) is 10.2 Å². The van der Waals surface area contributed by atoms with Gasteiger partial charge in [-0.3, -0.25) is 0 Å². The van der Waals surface area contributed by atoms with Crippen LogP contribution in [0, 0.1) is 0 Å². The first-order valence-corrected chi connectivity index (χ1v) is 3.11. The largest absolute Gasteiger partial charge is 0.476 e. The molecule has 2 N–H and O–H groups in total. The topological polar surface area (TPSA) is 61.0 Å².